The van der Waals surface area contributed by atoms with Crippen LogP contribution in [0.4, 0.5) is 4.79 Å². The third-order valence-corrected chi connectivity index (χ3v) is 5.20. The molecule has 1 aliphatic rings. The summed E-state index contributed by atoms with van der Waals surface area (Å²) < 4.78 is 5.11. The summed E-state index contributed by atoms with van der Waals surface area (Å²) in [5.41, 5.74) is 1.85. The molecule has 0 aromatic carbocycles. The number of likely N-dealkylation sites (N-methyl/N-ethyl adjacent to an activating group) is 1. The Kier molecular flexibility index (Phi) is 5.68. The summed E-state index contributed by atoms with van der Waals surface area (Å²) in [4.78, 5) is 14.4. The van der Waals surface area contributed by atoms with E-state index in [-0.39, 0.29) is 11.6 Å². The zero-order chi connectivity index (χ0) is 17.0. The van der Waals surface area contributed by atoms with Crippen molar-refractivity contribution in [3.05, 3.63) is 17.0 Å². The summed E-state index contributed by atoms with van der Waals surface area (Å²) in [6.45, 7) is 7.17. The van der Waals surface area contributed by atoms with Gasteiger partial charge < -0.3 is 20.1 Å². The number of hydrogen-bond donors (Lipinski definition) is 2. The summed E-state index contributed by atoms with van der Waals surface area (Å²) in [7, 11) is 4.23. The van der Waals surface area contributed by atoms with Crippen LogP contribution in [0.15, 0.2) is 4.52 Å². The number of aryl methyl sites for hydroxylation is 2. The van der Waals surface area contributed by atoms with Crippen molar-refractivity contribution in [1.82, 2.24) is 20.7 Å². The highest BCUT2D eigenvalue weighted by molar-refractivity contribution is 5.74. The Bertz CT molecular complexity index is 521. The van der Waals surface area contributed by atoms with Crippen LogP contribution in [0.2, 0.25) is 0 Å². The first kappa shape index (κ1) is 17.8. The molecule has 130 valence electrons. The molecule has 0 saturated heterocycles. The molecule has 1 heterocycles. The standard InChI is InChI=1S/C17H30N4O2/c1-12-7-6-8-17(9-12,21(4)5)11-19-16(22)18-10-15-13(2)20-23-14(15)3/h12H,6-11H2,1-5H3,(H2,18,19,22). The molecule has 2 rings (SSSR count). The van der Waals surface area contributed by atoms with Crippen molar-refractivity contribution in [2.24, 2.45) is 5.92 Å². The first-order valence-electron chi connectivity index (χ1n) is 8.45. The van der Waals surface area contributed by atoms with Crippen molar-refractivity contribution in [3.8, 4) is 0 Å². The van der Waals surface area contributed by atoms with Gasteiger partial charge in [-0.1, -0.05) is 24.9 Å². The maximum Gasteiger partial charge on any atom is 0.315 e. The fraction of sp³-hybridized carbons (Fsp3) is 0.765. The molecule has 0 bridgehead atoms. The van der Waals surface area contributed by atoms with Crippen molar-refractivity contribution in [2.45, 2.75) is 58.5 Å². The minimum Gasteiger partial charge on any atom is -0.361 e. The largest absolute Gasteiger partial charge is 0.361 e. The van der Waals surface area contributed by atoms with Gasteiger partial charge in [-0.3, -0.25) is 0 Å². The van der Waals surface area contributed by atoms with E-state index in [0.29, 0.717) is 19.0 Å². The Morgan fingerprint density at radius 2 is 2.13 bits per heavy atom. The van der Waals surface area contributed by atoms with E-state index in [1.165, 1.54) is 12.8 Å². The second-order valence-corrected chi connectivity index (χ2v) is 7.16. The fourth-order valence-corrected chi connectivity index (χ4v) is 3.59. The zero-order valence-corrected chi connectivity index (χ0v) is 15.0. The average molecular weight is 322 g/mol. The van der Waals surface area contributed by atoms with E-state index in [1.54, 1.807) is 0 Å². The maximum atomic E-state index is 12.2. The van der Waals surface area contributed by atoms with Gasteiger partial charge >= 0.3 is 6.03 Å². The third-order valence-electron chi connectivity index (χ3n) is 5.20. The van der Waals surface area contributed by atoms with E-state index in [4.69, 9.17) is 4.52 Å². The fourth-order valence-electron chi connectivity index (χ4n) is 3.59. The predicted molar refractivity (Wildman–Crippen MR) is 90.3 cm³/mol. The Morgan fingerprint density at radius 1 is 1.39 bits per heavy atom. The van der Waals surface area contributed by atoms with E-state index in [1.807, 2.05) is 13.8 Å². The van der Waals surface area contributed by atoms with Gasteiger partial charge in [0.25, 0.3) is 0 Å². The van der Waals surface area contributed by atoms with Gasteiger partial charge in [0.1, 0.15) is 5.76 Å². The van der Waals surface area contributed by atoms with Crippen LogP contribution < -0.4 is 10.6 Å². The van der Waals surface area contributed by atoms with E-state index in [9.17, 15) is 4.79 Å². The number of carbonyl (C=O) groups excluding carboxylic acids is 1. The molecule has 1 aliphatic carbocycles. The monoisotopic (exact) mass is 322 g/mol. The number of nitrogens with zero attached hydrogens (tertiary/aromatic N) is 2. The lowest BCUT2D eigenvalue weighted by Gasteiger charge is -2.45. The first-order chi connectivity index (χ1) is 10.8. The molecule has 1 fully saturated rings. The Labute approximate surface area is 139 Å². The molecule has 0 spiro atoms. The van der Waals surface area contributed by atoms with Crippen molar-refractivity contribution in [2.75, 3.05) is 20.6 Å². The van der Waals surface area contributed by atoms with Crippen molar-refractivity contribution in [3.63, 3.8) is 0 Å². The summed E-state index contributed by atoms with van der Waals surface area (Å²) in [5, 5.41) is 9.86. The second kappa shape index (κ2) is 7.34. The van der Waals surface area contributed by atoms with Crippen LogP contribution in [0, 0.1) is 19.8 Å². The highest BCUT2D eigenvalue weighted by atomic mass is 16.5. The molecule has 2 N–H and O–H groups in total. The lowest BCUT2D eigenvalue weighted by molar-refractivity contribution is 0.0773. The second-order valence-electron chi connectivity index (χ2n) is 7.16. The molecule has 1 aromatic rings. The van der Waals surface area contributed by atoms with Crippen molar-refractivity contribution < 1.29 is 9.32 Å². The molecule has 2 amide bonds. The Balaban J connectivity index is 1.87. The molecular weight excluding hydrogens is 292 g/mol. The van der Waals surface area contributed by atoms with E-state index < -0.39 is 0 Å². The summed E-state index contributed by atoms with van der Waals surface area (Å²) in [6, 6.07) is -0.135. The summed E-state index contributed by atoms with van der Waals surface area (Å²) in [6.07, 6.45) is 4.77. The summed E-state index contributed by atoms with van der Waals surface area (Å²) in [5.74, 6) is 1.46. The molecule has 23 heavy (non-hydrogen) atoms. The van der Waals surface area contributed by atoms with Crippen LogP contribution in [0.3, 0.4) is 0 Å². The molecule has 6 nitrogen and oxygen atoms in total. The molecule has 6 heteroatoms. The van der Waals surface area contributed by atoms with Crippen LogP contribution in [0.5, 0.6) is 0 Å². The lowest BCUT2D eigenvalue weighted by Crippen LogP contribution is -2.56. The molecule has 2 atom stereocenters. The van der Waals surface area contributed by atoms with Gasteiger partial charge in [-0.2, -0.15) is 0 Å². The van der Waals surface area contributed by atoms with Gasteiger partial charge in [-0.15, -0.1) is 0 Å². The minimum atomic E-state index is -0.135. The quantitative estimate of drug-likeness (QED) is 0.874. The normalized spacial score (nSPS) is 24.7. The number of amides is 2. The van der Waals surface area contributed by atoms with E-state index >= 15 is 0 Å². The number of rotatable bonds is 5. The topological polar surface area (TPSA) is 70.4 Å². The highest BCUT2D eigenvalue weighted by Gasteiger charge is 2.37. The van der Waals surface area contributed by atoms with Gasteiger partial charge in [-0.25, -0.2) is 4.79 Å². The molecule has 0 radical (unpaired) electrons. The summed E-state index contributed by atoms with van der Waals surface area (Å²) >= 11 is 0. The zero-order valence-electron chi connectivity index (χ0n) is 15.0. The SMILES string of the molecule is Cc1noc(C)c1CNC(=O)NCC1(N(C)C)CCCC(C)C1. The number of urea groups is 1. The number of hydrogen-bond acceptors (Lipinski definition) is 4. The smallest absolute Gasteiger partial charge is 0.315 e. The van der Waals surface area contributed by atoms with Crippen LogP contribution in [0.25, 0.3) is 0 Å². The van der Waals surface area contributed by atoms with Crippen molar-refractivity contribution in [1.29, 1.82) is 0 Å². The van der Waals surface area contributed by atoms with E-state index in [2.05, 4.69) is 41.7 Å². The Morgan fingerprint density at radius 3 is 2.70 bits per heavy atom. The highest BCUT2D eigenvalue weighted by Crippen LogP contribution is 2.35. The van der Waals surface area contributed by atoms with Gasteiger partial charge in [0.2, 0.25) is 0 Å². The van der Waals surface area contributed by atoms with Crippen LogP contribution in [-0.4, -0.2) is 42.3 Å². The minimum absolute atomic E-state index is 0.0675. The van der Waals surface area contributed by atoms with Crippen LogP contribution in [-0.2, 0) is 6.54 Å². The predicted octanol–water partition coefficient (Wildman–Crippen LogP) is 2.60. The number of aromatic nitrogens is 1. The van der Waals surface area contributed by atoms with E-state index in [0.717, 1.165) is 29.9 Å². The number of nitrogens with one attached hydrogen (secondary N) is 2. The maximum absolute atomic E-state index is 12.2. The average Bonchev–Trinajstić information content (AvgIpc) is 2.82. The lowest BCUT2D eigenvalue weighted by atomic mass is 9.75. The van der Waals surface area contributed by atoms with Gasteiger partial charge in [0.15, 0.2) is 0 Å². The van der Waals surface area contributed by atoms with Gasteiger partial charge in [0, 0.05) is 24.2 Å². The van der Waals surface area contributed by atoms with Crippen LogP contribution in [0.1, 0.15) is 49.6 Å². The molecular formula is C17H30N4O2. The number of carbonyl (C=O) groups is 1. The van der Waals surface area contributed by atoms with Crippen LogP contribution >= 0.6 is 0 Å². The molecule has 1 saturated carbocycles. The van der Waals surface area contributed by atoms with Gasteiger partial charge in [0.05, 0.1) is 5.69 Å². The first-order valence-corrected chi connectivity index (χ1v) is 8.45. The van der Waals surface area contributed by atoms with Crippen molar-refractivity contribution >= 4 is 6.03 Å². The Hall–Kier alpha value is -1.56. The molecule has 1 aromatic heterocycles. The third kappa shape index (κ3) is 4.25. The molecule has 0 aliphatic heterocycles. The molecule has 2 unspecified atom stereocenters. The van der Waals surface area contributed by atoms with Gasteiger partial charge in [-0.05, 0) is 46.7 Å².